The molecular formula is C32H29ClN2O3. The number of Topliss-reactive ketones (excluding diaryl/α,β-unsaturated/α-hetero) is 2. The van der Waals surface area contributed by atoms with Crippen molar-refractivity contribution in [3.05, 3.63) is 101 Å². The number of halogens is 1. The first-order chi connectivity index (χ1) is 18.1. The summed E-state index contributed by atoms with van der Waals surface area (Å²) in [5.41, 5.74) is 2.68. The number of carbonyl (C=O) groups is 3. The highest BCUT2D eigenvalue weighted by molar-refractivity contribution is 6.30. The number of allylic oxidation sites excluding steroid dienone is 1. The van der Waals surface area contributed by atoms with Crippen molar-refractivity contribution >= 4 is 46.0 Å². The molecule has 0 saturated carbocycles. The molecule has 6 heteroatoms. The number of anilines is 2. The maximum absolute atomic E-state index is 14.6. The lowest BCUT2D eigenvalue weighted by Crippen LogP contribution is -2.51. The van der Waals surface area contributed by atoms with Gasteiger partial charge in [0.05, 0.1) is 12.0 Å². The summed E-state index contributed by atoms with van der Waals surface area (Å²) in [5, 5.41) is 3.58. The van der Waals surface area contributed by atoms with Gasteiger partial charge in [0.25, 0.3) is 0 Å². The third-order valence-corrected chi connectivity index (χ3v) is 8.55. The minimum absolute atomic E-state index is 0.0772. The number of rotatable bonds is 3. The van der Waals surface area contributed by atoms with E-state index in [0.717, 1.165) is 22.4 Å². The molecule has 3 aromatic rings. The van der Waals surface area contributed by atoms with E-state index in [9.17, 15) is 14.4 Å². The minimum Gasteiger partial charge on any atom is -0.352 e. The summed E-state index contributed by atoms with van der Waals surface area (Å²) in [7, 11) is 0. The second kappa shape index (κ2) is 8.40. The maximum Gasteiger partial charge on any atom is 0.238 e. The number of hydrogen-bond acceptors (Lipinski definition) is 4. The standard InChI is InChI=1S/C32H29ClN2O3/c1-18-17-25-32(22-10-6-7-11-23(22)34-30(32)38)26(28(36)19-13-15-20(33)16-14-19)27(29(37)31(2,3)4)35(25)24-12-8-5-9-21(18)24/h5-17,25-27H,1-4H3,(H,34,38)/t25-,26-,27-,32+/m0/s1. The highest BCUT2D eigenvalue weighted by Crippen LogP contribution is 2.59. The van der Waals surface area contributed by atoms with Crippen molar-refractivity contribution < 1.29 is 14.4 Å². The quantitative estimate of drug-likeness (QED) is 0.407. The molecule has 0 bridgehead atoms. The van der Waals surface area contributed by atoms with E-state index >= 15 is 0 Å². The molecule has 38 heavy (non-hydrogen) atoms. The molecule has 192 valence electrons. The average Bonchev–Trinajstić information content (AvgIpc) is 3.36. The predicted molar refractivity (Wildman–Crippen MR) is 151 cm³/mol. The molecule has 3 aromatic carbocycles. The molecule has 3 heterocycles. The number of carbonyl (C=O) groups excluding carboxylic acids is 3. The van der Waals surface area contributed by atoms with Gasteiger partial charge in [0, 0.05) is 32.9 Å². The Hall–Kier alpha value is -3.70. The van der Waals surface area contributed by atoms with Crippen LogP contribution < -0.4 is 10.2 Å². The summed E-state index contributed by atoms with van der Waals surface area (Å²) in [6, 6.07) is 20.8. The Bertz CT molecular complexity index is 1530. The molecule has 0 aliphatic carbocycles. The van der Waals surface area contributed by atoms with E-state index in [1.165, 1.54) is 0 Å². The summed E-state index contributed by atoms with van der Waals surface area (Å²) >= 11 is 6.15. The third kappa shape index (κ3) is 3.27. The van der Waals surface area contributed by atoms with Gasteiger partial charge in [-0.1, -0.05) is 74.8 Å². The Balaban J connectivity index is 1.70. The van der Waals surface area contributed by atoms with Crippen LogP contribution in [0.3, 0.4) is 0 Å². The van der Waals surface area contributed by atoms with Gasteiger partial charge in [-0.05, 0) is 54.5 Å². The molecule has 3 aliphatic heterocycles. The normalized spacial score (nSPS) is 25.4. The molecule has 0 radical (unpaired) electrons. The Kier molecular flexibility index (Phi) is 5.45. The first kappa shape index (κ1) is 24.6. The third-order valence-electron chi connectivity index (χ3n) is 8.30. The number of fused-ring (bicyclic) bond motifs is 6. The monoisotopic (exact) mass is 524 g/mol. The van der Waals surface area contributed by atoms with Crippen molar-refractivity contribution in [2.45, 2.75) is 45.2 Å². The zero-order valence-corrected chi connectivity index (χ0v) is 22.5. The van der Waals surface area contributed by atoms with Crippen LogP contribution in [0.15, 0.2) is 78.9 Å². The fourth-order valence-corrected chi connectivity index (χ4v) is 6.75. The second-order valence-corrected chi connectivity index (χ2v) is 11.9. The van der Waals surface area contributed by atoms with Crippen molar-refractivity contribution in [2.75, 3.05) is 10.2 Å². The van der Waals surface area contributed by atoms with E-state index in [0.29, 0.717) is 16.3 Å². The number of nitrogens with one attached hydrogen (secondary N) is 1. The number of nitrogens with zero attached hydrogens (tertiary/aromatic N) is 1. The lowest BCUT2D eigenvalue weighted by Gasteiger charge is -2.39. The average molecular weight is 525 g/mol. The molecule has 5 nitrogen and oxygen atoms in total. The Labute approximate surface area is 227 Å². The van der Waals surface area contributed by atoms with Gasteiger partial charge in [-0.3, -0.25) is 14.4 Å². The highest BCUT2D eigenvalue weighted by atomic mass is 35.5. The van der Waals surface area contributed by atoms with Gasteiger partial charge in [0.15, 0.2) is 11.6 Å². The van der Waals surface area contributed by atoms with E-state index in [-0.39, 0.29) is 17.5 Å². The first-order valence-electron chi connectivity index (χ1n) is 12.9. The molecule has 4 atom stereocenters. The van der Waals surface area contributed by atoms with Crippen LogP contribution in [0.2, 0.25) is 5.02 Å². The summed E-state index contributed by atoms with van der Waals surface area (Å²) in [6.07, 6.45) is 2.07. The van der Waals surface area contributed by atoms with E-state index in [1.807, 2.05) is 76.2 Å². The molecule has 6 rings (SSSR count). The first-order valence-corrected chi connectivity index (χ1v) is 13.3. The minimum atomic E-state index is -1.30. The Morgan fingerprint density at radius 3 is 2.32 bits per heavy atom. The maximum atomic E-state index is 14.6. The molecule has 0 aromatic heterocycles. The molecule has 3 aliphatic rings. The van der Waals surface area contributed by atoms with Gasteiger partial charge in [-0.15, -0.1) is 0 Å². The van der Waals surface area contributed by atoms with Crippen molar-refractivity contribution in [3.8, 4) is 0 Å². The van der Waals surface area contributed by atoms with E-state index in [1.54, 1.807) is 24.3 Å². The smallest absolute Gasteiger partial charge is 0.238 e. The van der Waals surface area contributed by atoms with Gasteiger partial charge in [-0.2, -0.15) is 0 Å². The van der Waals surface area contributed by atoms with Gasteiger partial charge in [0.2, 0.25) is 5.91 Å². The van der Waals surface area contributed by atoms with Gasteiger partial charge >= 0.3 is 0 Å². The molecule has 0 unspecified atom stereocenters. The van der Waals surface area contributed by atoms with Crippen LogP contribution in [0, 0.1) is 11.3 Å². The zero-order chi connectivity index (χ0) is 27.0. The number of benzene rings is 3. The van der Waals surface area contributed by atoms with Crippen LogP contribution in [0.4, 0.5) is 11.4 Å². The Morgan fingerprint density at radius 2 is 1.61 bits per heavy atom. The molecular weight excluding hydrogens is 496 g/mol. The summed E-state index contributed by atoms with van der Waals surface area (Å²) in [5.74, 6) is -1.53. The molecule has 1 saturated heterocycles. The molecule has 1 fully saturated rings. The number of ketones is 2. The van der Waals surface area contributed by atoms with Gasteiger partial charge in [0.1, 0.15) is 11.5 Å². The van der Waals surface area contributed by atoms with Crippen molar-refractivity contribution in [2.24, 2.45) is 11.3 Å². The summed E-state index contributed by atoms with van der Waals surface area (Å²) in [6.45, 7) is 7.65. The number of amides is 1. The van der Waals surface area contributed by atoms with Crippen LogP contribution >= 0.6 is 11.6 Å². The summed E-state index contributed by atoms with van der Waals surface area (Å²) < 4.78 is 0. The van der Waals surface area contributed by atoms with E-state index in [2.05, 4.69) is 16.3 Å². The largest absolute Gasteiger partial charge is 0.352 e. The van der Waals surface area contributed by atoms with Crippen molar-refractivity contribution in [1.29, 1.82) is 0 Å². The van der Waals surface area contributed by atoms with Gasteiger partial charge in [-0.25, -0.2) is 0 Å². The number of para-hydroxylation sites is 2. The second-order valence-electron chi connectivity index (χ2n) is 11.5. The topological polar surface area (TPSA) is 66.5 Å². The fourth-order valence-electron chi connectivity index (χ4n) is 6.62. The van der Waals surface area contributed by atoms with Crippen LogP contribution in [-0.2, 0) is 15.0 Å². The lowest BCUT2D eigenvalue weighted by atomic mass is 9.63. The predicted octanol–water partition coefficient (Wildman–Crippen LogP) is 6.32. The Morgan fingerprint density at radius 1 is 0.947 bits per heavy atom. The van der Waals surface area contributed by atoms with Crippen LogP contribution in [-0.4, -0.2) is 29.6 Å². The van der Waals surface area contributed by atoms with Crippen molar-refractivity contribution in [3.63, 3.8) is 0 Å². The van der Waals surface area contributed by atoms with Gasteiger partial charge < -0.3 is 10.2 Å². The number of hydrogen-bond donors (Lipinski definition) is 1. The SMILES string of the molecule is CC1=C[C@@H]2N(c3ccccc31)[C@H](C(=O)C(C)(C)C)[C@@H](C(=O)c1ccc(Cl)cc1)[C@]21C(=O)Nc2ccccc21. The molecule has 1 amide bonds. The fraction of sp³-hybridized carbons (Fsp3) is 0.281. The highest BCUT2D eigenvalue weighted by Gasteiger charge is 2.71. The lowest BCUT2D eigenvalue weighted by molar-refractivity contribution is -0.128. The zero-order valence-electron chi connectivity index (χ0n) is 21.8. The summed E-state index contributed by atoms with van der Waals surface area (Å²) in [4.78, 5) is 45.4. The molecule has 1 spiro atoms. The van der Waals surface area contributed by atoms with Crippen LogP contribution in [0.5, 0.6) is 0 Å². The van der Waals surface area contributed by atoms with Crippen LogP contribution in [0.25, 0.3) is 5.57 Å². The van der Waals surface area contributed by atoms with E-state index in [4.69, 9.17) is 11.6 Å². The van der Waals surface area contributed by atoms with Crippen LogP contribution in [0.1, 0.15) is 49.2 Å². The van der Waals surface area contributed by atoms with Crippen molar-refractivity contribution in [1.82, 2.24) is 0 Å². The molecule has 1 N–H and O–H groups in total. The van der Waals surface area contributed by atoms with E-state index < -0.39 is 28.8 Å².